The van der Waals surface area contributed by atoms with Gasteiger partial charge in [0, 0.05) is 34.4 Å². The van der Waals surface area contributed by atoms with Crippen LogP contribution in [0.25, 0.3) is 0 Å². The molecule has 0 radical (unpaired) electrons. The fraction of sp³-hybridized carbons (Fsp3) is 0.314. The maximum absolute atomic E-state index is 12.3. The highest BCUT2D eigenvalue weighted by molar-refractivity contribution is 9.10. The Morgan fingerprint density at radius 1 is 0.884 bits per heavy atom. The minimum atomic E-state index is -0.305. The first kappa shape index (κ1) is 30.4. The van der Waals surface area contributed by atoms with Crippen LogP contribution in [0, 0.1) is 10.1 Å². The van der Waals surface area contributed by atoms with E-state index < -0.39 is 0 Å². The van der Waals surface area contributed by atoms with Gasteiger partial charge in [0.05, 0.1) is 31.2 Å². The molecular weight excluding hydrogens is 606 g/mol. The SMILES string of the molecule is COc1ccc(CNc2ccc(C3CCC(c4ccc(Br)cc4)N3c3ccc(C(C)(C)C)cc3)cc2[N+](=O)[O-])c(OC)c1. The second-order valence-electron chi connectivity index (χ2n) is 11.9. The molecule has 7 nitrogen and oxygen atoms in total. The van der Waals surface area contributed by atoms with Gasteiger partial charge in [-0.2, -0.15) is 0 Å². The van der Waals surface area contributed by atoms with Gasteiger partial charge in [-0.3, -0.25) is 10.1 Å². The summed E-state index contributed by atoms with van der Waals surface area (Å²) in [5.74, 6) is 1.34. The molecule has 0 saturated carbocycles. The fourth-order valence-electron chi connectivity index (χ4n) is 5.89. The molecule has 2 atom stereocenters. The molecule has 0 amide bonds. The minimum Gasteiger partial charge on any atom is -0.497 e. The predicted octanol–water partition coefficient (Wildman–Crippen LogP) is 9.37. The lowest BCUT2D eigenvalue weighted by Gasteiger charge is -2.34. The summed E-state index contributed by atoms with van der Waals surface area (Å²) in [7, 11) is 3.20. The Bertz CT molecular complexity index is 1580. The van der Waals surface area contributed by atoms with Crippen LogP contribution in [0.15, 0.2) is 89.4 Å². The molecular formula is C35H38BrN3O4. The molecule has 5 rings (SSSR count). The zero-order chi connectivity index (χ0) is 30.7. The van der Waals surface area contributed by atoms with E-state index in [4.69, 9.17) is 9.47 Å². The van der Waals surface area contributed by atoms with E-state index in [-0.39, 0.29) is 28.1 Å². The quantitative estimate of drug-likeness (QED) is 0.145. The molecule has 1 heterocycles. The molecule has 4 aromatic rings. The first-order valence-corrected chi connectivity index (χ1v) is 15.3. The summed E-state index contributed by atoms with van der Waals surface area (Å²) in [4.78, 5) is 14.4. The summed E-state index contributed by atoms with van der Waals surface area (Å²) >= 11 is 3.56. The van der Waals surface area contributed by atoms with Gasteiger partial charge in [0.1, 0.15) is 17.2 Å². The molecule has 0 aliphatic carbocycles. The third-order valence-electron chi connectivity index (χ3n) is 8.24. The van der Waals surface area contributed by atoms with Crippen molar-refractivity contribution in [3.8, 4) is 11.5 Å². The second-order valence-corrected chi connectivity index (χ2v) is 12.8. The molecule has 0 aromatic heterocycles. The first-order valence-electron chi connectivity index (χ1n) is 14.5. The van der Waals surface area contributed by atoms with Gasteiger partial charge >= 0.3 is 0 Å². The highest BCUT2D eigenvalue weighted by atomic mass is 79.9. The molecule has 0 spiro atoms. The van der Waals surface area contributed by atoms with Crippen LogP contribution in [-0.2, 0) is 12.0 Å². The van der Waals surface area contributed by atoms with Crippen molar-refractivity contribution in [1.82, 2.24) is 0 Å². The summed E-state index contributed by atoms with van der Waals surface area (Å²) < 4.78 is 11.8. The summed E-state index contributed by atoms with van der Waals surface area (Å²) in [6.45, 7) is 7.01. The van der Waals surface area contributed by atoms with Crippen LogP contribution in [0.2, 0.25) is 0 Å². The van der Waals surface area contributed by atoms with Gasteiger partial charge in [-0.15, -0.1) is 0 Å². The molecule has 8 heteroatoms. The highest BCUT2D eigenvalue weighted by Crippen LogP contribution is 2.48. The Labute approximate surface area is 262 Å². The lowest BCUT2D eigenvalue weighted by Crippen LogP contribution is -2.26. The molecule has 4 aromatic carbocycles. The summed E-state index contributed by atoms with van der Waals surface area (Å²) in [5.41, 5.74) is 5.99. The van der Waals surface area contributed by atoms with Gasteiger partial charge in [0.2, 0.25) is 0 Å². The topological polar surface area (TPSA) is 76.9 Å². The molecule has 43 heavy (non-hydrogen) atoms. The predicted molar refractivity (Wildman–Crippen MR) is 176 cm³/mol. The smallest absolute Gasteiger partial charge is 0.292 e. The van der Waals surface area contributed by atoms with E-state index in [9.17, 15) is 10.1 Å². The Morgan fingerprint density at radius 2 is 1.53 bits per heavy atom. The summed E-state index contributed by atoms with van der Waals surface area (Å²) in [5, 5.41) is 15.6. The summed E-state index contributed by atoms with van der Waals surface area (Å²) in [6.07, 6.45) is 1.83. The molecule has 1 aliphatic rings. The van der Waals surface area contributed by atoms with Crippen LogP contribution >= 0.6 is 15.9 Å². The fourth-order valence-corrected chi connectivity index (χ4v) is 6.15. The van der Waals surface area contributed by atoms with Gasteiger partial charge in [-0.25, -0.2) is 0 Å². The lowest BCUT2D eigenvalue weighted by molar-refractivity contribution is -0.384. The number of ether oxygens (including phenoxy) is 2. The van der Waals surface area contributed by atoms with Crippen LogP contribution in [-0.4, -0.2) is 19.1 Å². The van der Waals surface area contributed by atoms with Crippen LogP contribution in [0.5, 0.6) is 11.5 Å². The first-order chi connectivity index (χ1) is 20.6. The van der Waals surface area contributed by atoms with E-state index in [2.05, 4.69) is 95.4 Å². The van der Waals surface area contributed by atoms with E-state index in [0.717, 1.165) is 34.1 Å². The number of hydrogen-bond donors (Lipinski definition) is 1. The Kier molecular flexibility index (Phi) is 8.97. The van der Waals surface area contributed by atoms with Crippen molar-refractivity contribution in [2.75, 3.05) is 24.4 Å². The number of nitrogens with one attached hydrogen (secondary N) is 1. The maximum atomic E-state index is 12.3. The van der Waals surface area contributed by atoms with Crippen LogP contribution in [0.1, 0.15) is 68.0 Å². The molecule has 1 saturated heterocycles. The molecule has 1 aliphatic heterocycles. The zero-order valence-electron chi connectivity index (χ0n) is 25.3. The van der Waals surface area contributed by atoms with Crippen molar-refractivity contribution in [3.05, 3.63) is 122 Å². The Morgan fingerprint density at radius 3 is 2.14 bits per heavy atom. The van der Waals surface area contributed by atoms with E-state index >= 15 is 0 Å². The minimum absolute atomic E-state index is 0.0106. The Balaban J connectivity index is 1.48. The van der Waals surface area contributed by atoms with Crippen molar-refractivity contribution >= 4 is 33.0 Å². The van der Waals surface area contributed by atoms with Crippen molar-refractivity contribution in [1.29, 1.82) is 0 Å². The molecule has 2 unspecified atom stereocenters. The maximum Gasteiger partial charge on any atom is 0.292 e. The van der Waals surface area contributed by atoms with Crippen LogP contribution < -0.4 is 19.7 Å². The molecule has 1 N–H and O–H groups in total. The number of hydrogen-bond acceptors (Lipinski definition) is 6. The number of halogens is 1. The van der Waals surface area contributed by atoms with Crippen molar-refractivity contribution in [2.24, 2.45) is 0 Å². The van der Waals surface area contributed by atoms with Gasteiger partial charge in [0.15, 0.2) is 0 Å². The standard InChI is InChI=1S/C35H38BrN3O4/c1-35(2,3)26-10-14-28(15-11-26)38-31(23-6-12-27(36)13-7-23)18-19-32(38)24-9-17-30(33(20-24)39(40)41)37-22-25-8-16-29(42-4)21-34(25)43-5/h6-17,20-21,31-32,37H,18-19,22H2,1-5H3. The number of nitro benzene ring substituents is 1. The van der Waals surface area contributed by atoms with E-state index in [1.807, 2.05) is 24.3 Å². The van der Waals surface area contributed by atoms with Gasteiger partial charge in [0.25, 0.3) is 5.69 Å². The zero-order valence-corrected chi connectivity index (χ0v) is 26.9. The second kappa shape index (κ2) is 12.7. The van der Waals surface area contributed by atoms with E-state index in [0.29, 0.717) is 23.7 Å². The van der Waals surface area contributed by atoms with E-state index in [1.165, 1.54) is 11.1 Å². The average Bonchev–Trinajstić information content (AvgIpc) is 3.45. The average molecular weight is 645 g/mol. The molecule has 0 bridgehead atoms. The monoisotopic (exact) mass is 643 g/mol. The third-order valence-corrected chi connectivity index (χ3v) is 8.77. The molecule has 1 fully saturated rings. The highest BCUT2D eigenvalue weighted by Gasteiger charge is 2.36. The van der Waals surface area contributed by atoms with Crippen LogP contribution in [0.3, 0.4) is 0 Å². The Hall–Kier alpha value is -4.04. The molecule has 224 valence electrons. The number of nitro groups is 1. The van der Waals surface area contributed by atoms with Crippen molar-refractivity contribution in [3.63, 3.8) is 0 Å². The van der Waals surface area contributed by atoms with Gasteiger partial charge < -0.3 is 19.7 Å². The number of nitrogens with zero attached hydrogens (tertiary/aromatic N) is 2. The van der Waals surface area contributed by atoms with Crippen molar-refractivity contribution < 1.29 is 14.4 Å². The third kappa shape index (κ3) is 6.64. The lowest BCUT2D eigenvalue weighted by atomic mass is 9.87. The number of anilines is 2. The summed E-state index contributed by atoms with van der Waals surface area (Å²) in [6, 6.07) is 28.5. The van der Waals surface area contributed by atoms with Crippen molar-refractivity contribution in [2.45, 2.75) is 57.7 Å². The van der Waals surface area contributed by atoms with E-state index in [1.54, 1.807) is 26.4 Å². The van der Waals surface area contributed by atoms with Gasteiger partial charge in [-0.05, 0) is 77.4 Å². The number of methoxy groups -OCH3 is 2. The normalized spacial score (nSPS) is 16.7. The largest absolute Gasteiger partial charge is 0.497 e. The number of rotatable bonds is 9. The number of benzene rings is 4. The van der Waals surface area contributed by atoms with Crippen LogP contribution in [0.4, 0.5) is 17.1 Å². The van der Waals surface area contributed by atoms with Gasteiger partial charge in [-0.1, -0.05) is 67.0 Å².